The highest BCUT2D eigenvalue weighted by atomic mass is 19.1. The van der Waals surface area contributed by atoms with Gasteiger partial charge in [0.25, 0.3) is 0 Å². The first-order chi connectivity index (χ1) is 31.0. The molecular formula is C51H69FO13. The van der Waals surface area contributed by atoms with Gasteiger partial charge in [-0.15, -0.1) is 0 Å². The van der Waals surface area contributed by atoms with Gasteiger partial charge < -0.3 is 33.2 Å². The number of aryl methyl sites for hydroxylation is 2. The quantitative estimate of drug-likeness (QED) is 0.0261. The maximum absolute atomic E-state index is 16.4. The minimum atomic E-state index is -1.62. The Hall–Kier alpha value is -5.53. The Morgan fingerprint density at radius 3 is 1.75 bits per heavy atom. The van der Waals surface area contributed by atoms with E-state index in [1.165, 1.54) is 32.6 Å². The fourth-order valence-electron chi connectivity index (χ4n) is 7.61. The lowest BCUT2D eigenvalue weighted by Gasteiger charge is -2.32. The van der Waals surface area contributed by atoms with E-state index in [-0.39, 0.29) is 36.8 Å². The van der Waals surface area contributed by atoms with E-state index in [1.54, 1.807) is 32.9 Å². The molecule has 1 saturated carbocycles. The van der Waals surface area contributed by atoms with E-state index in [9.17, 15) is 28.8 Å². The van der Waals surface area contributed by atoms with E-state index in [4.69, 9.17) is 33.2 Å². The first-order valence-electron chi connectivity index (χ1n) is 22.9. The van der Waals surface area contributed by atoms with Gasteiger partial charge in [-0.1, -0.05) is 64.8 Å². The maximum Gasteiger partial charge on any atom is 0.333 e. The van der Waals surface area contributed by atoms with Crippen LogP contribution in [0.4, 0.5) is 4.39 Å². The topological polar surface area (TPSA) is 167 Å². The third-order valence-electron chi connectivity index (χ3n) is 11.3. The first kappa shape index (κ1) is 53.8. The Bertz CT molecular complexity index is 1930. The number of esters is 6. The molecule has 358 valence electrons. The fourth-order valence-corrected chi connectivity index (χ4v) is 7.61. The predicted molar refractivity (Wildman–Crippen MR) is 242 cm³/mol. The third kappa shape index (κ3) is 18.1. The smallest absolute Gasteiger partial charge is 0.333 e. The van der Waals surface area contributed by atoms with Gasteiger partial charge in [0.05, 0.1) is 19.8 Å². The summed E-state index contributed by atoms with van der Waals surface area (Å²) in [6.45, 7) is 15.6. The molecule has 0 bridgehead atoms. The number of halogens is 1. The highest BCUT2D eigenvalue weighted by Crippen LogP contribution is 2.40. The average molecular weight is 909 g/mol. The van der Waals surface area contributed by atoms with Gasteiger partial charge in [-0.3, -0.25) is 19.2 Å². The second-order valence-corrected chi connectivity index (χ2v) is 16.9. The average Bonchev–Trinajstić information content (AvgIpc) is 3.27. The summed E-state index contributed by atoms with van der Waals surface area (Å²) in [5.74, 6) is -3.92. The molecule has 3 rings (SSSR count). The summed E-state index contributed by atoms with van der Waals surface area (Å²) in [6.07, 6.45) is 9.01. The van der Waals surface area contributed by atoms with Crippen LogP contribution >= 0.6 is 0 Å². The summed E-state index contributed by atoms with van der Waals surface area (Å²) in [7, 11) is 0. The molecule has 1 aliphatic rings. The maximum atomic E-state index is 16.4. The molecule has 0 spiro atoms. The molecule has 0 heterocycles. The zero-order chi connectivity index (χ0) is 47.9. The molecule has 65 heavy (non-hydrogen) atoms. The largest absolute Gasteiger partial charge is 0.492 e. The molecule has 0 aromatic heterocycles. The van der Waals surface area contributed by atoms with E-state index >= 15 is 4.39 Å². The van der Waals surface area contributed by atoms with Crippen LogP contribution in [0.2, 0.25) is 0 Å². The molecule has 2 aromatic rings. The van der Waals surface area contributed by atoms with Gasteiger partial charge >= 0.3 is 35.8 Å². The third-order valence-corrected chi connectivity index (χ3v) is 11.3. The van der Waals surface area contributed by atoms with Crippen molar-refractivity contribution in [3.8, 4) is 16.9 Å². The molecule has 0 radical (unpaired) electrons. The molecule has 0 N–H and O–H groups in total. The highest BCUT2D eigenvalue weighted by molar-refractivity contribution is 5.92. The molecule has 0 aliphatic heterocycles. The van der Waals surface area contributed by atoms with Crippen LogP contribution in [0.25, 0.3) is 11.1 Å². The van der Waals surface area contributed by atoms with Gasteiger partial charge in [0, 0.05) is 16.7 Å². The zero-order valence-corrected chi connectivity index (χ0v) is 39.3. The molecule has 0 amide bonds. The Kier molecular flexibility index (Phi) is 22.9. The van der Waals surface area contributed by atoms with Crippen LogP contribution in [0.1, 0.15) is 135 Å². The number of benzene rings is 2. The number of carbonyl (C=O) groups excluding carboxylic acids is 6. The summed E-state index contributed by atoms with van der Waals surface area (Å²) in [5.41, 5.74) is 2.11. The van der Waals surface area contributed by atoms with E-state index in [2.05, 4.69) is 20.1 Å². The van der Waals surface area contributed by atoms with Crippen LogP contribution in [0, 0.1) is 17.2 Å². The minimum absolute atomic E-state index is 0.0342. The van der Waals surface area contributed by atoms with Gasteiger partial charge in [-0.05, 0) is 125 Å². The van der Waals surface area contributed by atoms with Crippen molar-refractivity contribution >= 4 is 35.8 Å². The van der Waals surface area contributed by atoms with Crippen molar-refractivity contribution in [2.45, 2.75) is 131 Å². The van der Waals surface area contributed by atoms with Crippen molar-refractivity contribution in [3.63, 3.8) is 0 Å². The highest BCUT2D eigenvalue weighted by Gasteiger charge is 2.38. The van der Waals surface area contributed by atoms with Gasteiger partial charge in [-0.2, -0.15) is 0 Å². The van der Waals surface area contributed by atoms with E-state index in [1.807, 2.05) is 25.1 Å². The van der Waals surface area contributed by atoms with E-state index in [0.717, 1.165) is 42.7 Å². The van der Waals surface area contributed by atoms with Crippen LogP contribution < -0.4 is 4.74 Å². The number of hydrogen-bond donors (Lipinski definition) is 0. The number of unbranched alkanes of at least 4 members (excludes halogenated alkanes) is 2. The van der Waals surface area contributed by atoms with E-state index < -0.39 is 80.5 Å². The Morgan fingerprint density at radius 1 is 0.646 bits per heavy atom. The SMILES string of the molecule is C=C(C)C(=O)OCCCc1cc(-c2ccc(C3CCC(CCCCC)CC3)cc2F)c(CC)cc1OCC(COC(=O)CC(=O)OCC)(COC(=O)CC(=O)OCC)COC(=O)C(=C)C. The van der Waals surface area contributed by atoms with Crippen molar-refractivity contribution in [1.29, 1.82) is 0 Å². The molecule has 0 atom stereocenters. The number of ether oxygens (including phenoxy) is 7. The van der Waals surface area contributed by atoms with Crippen molar-refractivity contribution in [1.82, 2.24) is 0 Å². The van der Waals surface area contributed by atoms with Gasteiger partial charge in [-0.25, -0.2) is 14.0 Å². The van der Waals surface area contributed by atoms with Crippen LogP contribution in [0.5, 0.6) is 5.75 Å². The zero-order valence-electron chi connectivity index (χ0n) is 39.3. The molecular weight excluding hydrogens is 840 g/mol. The number of rotatable bonds is 28. The molecule has 13 nitrogen and oxygen atoms in total. The second kappa shape index (κ2) is 27.7. The lowest BCUT2D eigenvalue weighted by atomic mass is 9.76. The van der Waals surface area contributed by atoms with Crippen molar-refractivity contribution in [2.24, 2.45) is 11.3 Å². The van der Waals surface area contributed by atoms with E-state index in [0.29, 0.717) is 47.6 Å². The lowest BCUT2D eigenvalue weighted by molar-refractivity contribution is -0.166. The summed E-state index contributed by atoms with van der Waals surface area (Å²) < 4.78 is 54.6. The van der Waals surface area contributed by atoms with Crippen LogP contribution in [-0.4, -0.2) is 82.1 Å². The summed E-state index contributed by atoms with van der Waals surface area (Å²) >= 11 is 0. The molecule has 2 aromatic carbocycles. The van der Waals surface area contributed by atoms with Crippen LogP contribution in [0.3, 0.4) is 0 Å². The Balaban J connectivity index is 2.05. The molecule has 1 aliphatic carbocycles. The summed E-state index contributed by atoms with van der Waals surface area (Å²) in [5, 5.41) is 0. The summed E-state index contributed by atoms with van der Waals surface area (Å²) in [6, 6.07) is 9.14. The number of carbonyl (C=O) groups is 6. The van der Waals surface area contributed by atoms with Crippen molar-refractivity contribution < 1.29 is 66.3 Å². The predicted octanol–water partition coefficient (Wildman–Crippen LogP) is 9.44. The molecule has 14 heteroatoms. The molecule has 0 unspecified atom stereocenters. The Labute approximate surface area is 383 Å². The Morgan fingerprint density at radius 2 is 1.22 bits per heavy atom. The van der Waals surface area contributed by atoms with Crippen molar-refractivity contribution in [3.05, 3.63) is 77.1 Å². The van der Waals surface area contributed by atoms with Crippen molar-refractivity contribution in [2.75, 3.05) is 46.2 Å². The summed E-state index contributed by atoms with van der Waals surface area (Å²) in [4.78, 5) is 74.9. The normalized spacial score (nSPS) is 14.7. The molecule has 1 fully saturated rings. The fraction of sp³-hybridized carbons (Fsp3) is 0.569. The number of hydrogen-bond acceptors (Lipinski definition) is 13. The van der Waals surface area contributed by atoms with Gasteiger partial charge in [0.1, 0.15) is 56.3 Å². The molecule has 0 saturated heterocycles. The monoisotopic (exact) mass is 908 g/mol. The lowest BCUT2D eigenvalue weighted by Crippen LogP contribution is -2.44. The second-order valence-electron chi connectivity index (χ2n) is 16.9. The van der Waals surface area contributed by atoms with Crippen LogP contribution in [-0.2, 0) is 70.0 Å². The van der Waals surface area contributed by atoms with Gasteiger partial charge in [0.2, 0.25) is 0 Å². The van der Waals surface area contributed by atoms with Crippen LogP contribution in [0.15, 0.2) is 54.6 Å². The standard InChI is InChI=1S/C51H69FO13/c1-9-13-14-16-36-18-20-38(21-19-36)39-22-23-41(43(52)26-39)42-25-40(17-15-24-61-49(57)34(5)6)44(27-37(42)10-2)62-30-51(33-65-50(58)35(7)8,31-63-47(55)28-45(53)59-11-3)32-64-48(56)29-46(54)60-12-4/h22-23,25-27,36,38H,5,7,9-21,24,28-33H2,1-4,6,8H3. The van der Waals surface area contributed by atoms with Gasteiger partial charge in [0.15, 0.2) is 0 Å². The first-order valence-corrected chi connectivity index (χ1v) is 22.9. The minimum Gasteiger partial charge on any atom is -0.492 e.